The quantitative estimate of drug-likeness (QED) is 0.904. The van der Waals surface area contributed by atoms with Gasteiger partial charge >= 0.3 is 0 Å². The fourth-order valence-electron chi connectivity index (χ4n) is 2.83. The number of ether oxygens (including phenoxy) is 1. The first-order chi connectivity index (χ1) is 10.7. The molecule has 0 bridgehead atoms. The fraction of sp³-hybridized carbons (Fsp3) is 0.529. The Morgan fingerprint density at radius 3 is 2.59 bits per heavy atom. The third kappa shape index (κ3) is 3.24. The van der Waals surface area contributed by atoms with E-state index in [1.807, 2.05) is 6.92 Å². The van der Waals surface area contributed by atoms with Crippen molar-refractivity contribution in [2.45, 2.75) is 44.7 Å². The number of hydrogen-bond acceptors (Lipinski definition) is 3. The Balaban J connectivity index is 1.68. The molecule has 3 rings (SSSR count). The summed E-state index contributed by atoms with van der Waals surface area (Å²) in [5.74, 6) is 0.680. The molecule has 1 N–H and O–H groups in total. The minimum atomic E-state index is -0.320. The van der Waals surface area contributed by atoms with Gasteiger partial charge in [-0.1, -0.05) is 0 Å². The number of amides is 2. The Kier molecular flexibility index (Phi) is 4.32. The smallest absolute Gasteiger partial charge is 0.254 e. The second-order valence-corrected chi connectivity index (χ2v) is 5.90. The molecule has 2 aliphatic rings. The minimum Gasteiger partial charge on any atom is -0.494 e. The molecule has 1 aliphatic carbocycles. The molecule has 0 aromatic heterocycles. The first-order valence-corrected chi connectivity index (χ1v) is 8.03. The molecule has 1 saturated carbocycles. The Bertz CT molecular complexity index is 552. The second kappa shape index (κ2) is 6.38. The van der Waals surface area contributed by atoms with Gasteiger partial charge in [-0.25, -0.2) is 0 Å². The number of likely N-dealkylation sites (tertiary alicyclic amines) is 1. The van der Waals surface area contributed by atoms with Crippen molar-refractivity contribution in [3.8, 4) is 5.75 Å². The first kappa shape index (κ1) is 14.9. The predicted octanol–water partition coefficient (Wildman–Crippen LogP) is 1.97. The zero-order valence-corrected chi connectivity index (χ0v) is 12.9. The lowest BCUT2D eigenvalue weighted by molar-refractivity contribution is -0.125. The van der Waals surface area contributed by atoms with E-state index in [9.17, 15) is 9.59 Å². The lowest BCUT2D eigenvalue weighted by atomic mass is 10.1. The van der Waals surface area contributed by atoms with Crippen molar-refractivity contribution in [2.75, 3.05) is 13.2 Å². The van der Waals surface area contributed by atoms with E-state index in [1.54, 1.807) is 29.2 Å². The molecule has 1 saturated heterocycles. The lowest BCUT2D eigenvalue weighted by Crippen LogP contribution is -2.46. The average Bonchev–Trinajstić information content (AvgIpc) is 3.19. The summed E-state index contributed by atoms with van der Waals surface area (Å²) < 4.78 is 5.39. The zero-order chi connectivity index (χ0) is 15.5. The van der Waals surface area contributed by atoms with E-state index in [0.29, 0.717) is 24.8 Å². The molecular weight excluding hydrogens is 280 g/mol. The van der Waals surface area contributed by atoms with Crippen LogP contribution >= 0.6 is 0 Å². The van der Waals surface area contributed by atoms with E-state index in [2.05, 4.69) is 5.32 Å². The van der Waals surface area contributed by atoms with E-state index >= 15 is 0 Å². The van der Waals surface area contributed by atoms with E-state index < -0.39 is 0 Å². The largest absolute Gasteiger partial charge is 0.494 e. The summed E-state index contributed by atoms with van der Waals surface area (Å²) in [6.07, 6.45) is 3.75. The van der Waals surface area contributed by atoms with Crippen molar-refractivity contribution in [2.24, 2.45) is 0 Å². The van der Waals surface area contributed by atoms with Gasteiger partial charge in [-0.3, -0.25) is 9.59 Å². The SMILES string of the molecule is CCOc1ccc(C(=O)N2CCC[C@H]2C(=O)NC2CC2)cc1. The van der Waals surface area contributed by atoms with Gasteiger partial charge in [0, 0.05) is 18.2 Å². The van der Waals surface area contributed by atoms with Crippen LogP contribution in [0.4, 0.5) is 0 Å². The molecule has 1 aliphatic heterocycles. The van der Waals surface area contributed by atoms with Crippen molar-refractivity contribution in [3.05, 3.63) is 29.8 Å². The Hall–Kier alpha value is -2.04. The summed E-state index contributed by atoms with van der Waals surface area (Å²) in [6.45, 7) is 3.17. The van der Waals surface area contributed by atoms with Crippen LogP contribution in [0.2, 0.25) is 0 Å². The van der Waals surface area contributed by atoms with Crippen molar-refractivity contribution in [1.29, 1.82) is 0 Å². The lowest BCUT2D eigenvalue weighted by Gasteiger charge is -2.24. The maximum atomic E-state index is 12.6. The molecule has 0 radical (unpaired) electrons. The summed E-state index contributed by atoms with van der Waals surface area (Å²) in [5.41, 5.74) is 0.606. The van der Waals surface area contributed by atoms with Crippen LogP contribution in [0.1, 0.15) is 43.0 Å². The van der Waals surface area contributed by atoms with Gasteiger partial charge < -0.3 is 15.0 Å². The molecule has 5 nitrogen and oxygen atoms in total. The highest BCUT2D eigenvalue weighted by atomic mass is 16.5. The van der Waals surface area contributed by atoms with Crippen molar-refractivity contribution in [1.82, 2.24) is 10.2 Å². The second-order valence-electron chi connectivity index (χ2n) is 5.90. The zero-order valence-electron chi connectivity index (χ0n) is 12.9. The molecule has 1 heterocycles. The predicted molar refractivity (Wildman–Crippen MR) is 82.8 cm³/mol. The Morgan fingerprint density at radius 1 is 1.23 bits per heavy atom. The number of rotatable bonds is 5. The number of carbonyl (C=O) groups is 2. The van der Waals surface area contributed by atoms with E-state index in [4.69, 9.17) is 4.74 Å². The minimum absolute atomic E-state index is 0.000661. The maximum absolute atomic E-state index is 12.6. The summed E-state index contributed by atoms with van der Waals surface area (Å²) in [6, 6.07) is 7.14. The molecule has 5 heteroatoms. The normalized spacial score (nSPS) is 20.8. The summed E-state index contributed by atoms with van der Waals surface area (Å²) in [4.78, 5) is 26.6. The van der Waals surface area contributed by atoms with Gasteiger partial charge in [0.1, 0.15) is 11.8 Å². The van der Waals surface area contributed by atoms with Crippen LogP contribution in [0.3, 0.4) is 0 Å². The van der Waals surface area contributed by atoms with Gasteiger partial charge in [0.25, 0.3) is 5.91 Å². The molecule has 2 fully saturated rings. The molecule has 1 atom stereocenters. The van der Waals surface area contributed by atoms with Crippen LogP contribution in [0.5, 0.6) is 5.75 Å². The molecule has 1 aromatic carbocycles. The fourth-order valence-corrected chi connectivity index (χ4v) is 2.83. The molecule has 0 spiro atoms. The number of carbonyl (C=O) groups excluding carboxylic acids is 2. The van der Waals surface area contributed by atoms with Crippen LogP contribution in [0.15, 0.2) is 24.3 Å². The monoisotopic (exact) mass is 302 g/mol. The number of nitrogens with one attached hydrogen (secondary N) is 1. The third-order valence-corrected chi connectivity index (χ3v) is 4.15. The number of benzene rings is 1. The van der Waals surface area contributed by atoms with Crippen molar-refractivity contribution >= 4 is 11.8 Å². The van der Waals surface area contributed by atoms with Crippen LogP contribution in [0.25, 0.3) is 0 Å². The van der Waals surface area contributed by atoms with E-state index in [0.717, 1.165) is 31.4 Å². The van der Waals surface area contributed by atoms with E-state index in [1.165, 1.54) is 0 Å². The summed E-state index contributed by atoms with van der Waals surface area (Å²) in [5, 5.41) is 3.01. The van der Waals surface area contributed by atoms with Crippen LogP contribution in [-0.2, 0) is 4.79 Å². The van der Waals surface area contributed by atoms with Gasteiger partial charge in [0.05, 0.1) is 6.61 Å². The van der Waals surface area contributed by atoms with Crippen LogP contribution in [0, 0.1) is 0 Å². The molecule has 1 aromatic rings. The van der Waals surface area contributed by atoms with Gasteiger partial charge in [-0.2, -0.15) is 0 Å². The number of nitrogens with zero attached hydrogens (tertiary/aromatic N) is 1. The first-order valence-electron chi connectivity index (χ1n) is 8.03. The highest BCUT2D eigenvalue weighted by Gasteiger charge is 2.36. The van der Waals surface area contributed by atoms with E-state index in [-0.39, 0.29) is 17.9 Å². The molecular formula is C17H22N2O3. The van der Waals surface area contributed by atoms with Gasteiger partial charge in [0.15, 0.2) is 0 Å². The standard InChI is InChI=1S/C17H22N2O3/c1-2-22-14-9-5-12(6-10-14)17(21)19-11-3-4-15(19)16(20)18-13-7-8-13/h5-6,9-10,13,15H,2-4,7-8,11H2,1H3,(H,18,20)/t15-/m0/s1. The molecule has 118 valence electrons. The Labute approximate surface area is 130 Å². The average molecular weight is 302 g/mol. The summed E-state index contributed by atoms with van der Waals surface area (Å²) >= 11 is 0. The van der Waals surface area contributed by atoms with Gasteiger partial charge in [0.2, 0.25) is 5.91 Å². The highest BCUT2D eigenvalue weighted by Crippen LogP contribution is 2.24. The maximum Gasteiger partial charge on any atom is 0.254 e. The van der Waals surface area contributed by atoms with Crippen molar-refractivity contribution in [3.63, 3.8) is 0 Å². The number of hydrogen-bond donors (Lipinski definition) is 1. The highest BCUT2D eigenvalue weighted by molar-refractivity contribution is 5.98. The van der Waals surface area contributed by atoms with Crippen LogP contribution in [-0.4, -0.2) is 41.9 Å². The van der Waals surface area contributed by atoms with Crippen LogP contribution < -0.4 is 10.1 Å². The topological polar surface area (TPSA) is 58.6 Å². The molecule has 2 amide bonds. The summed E-state index contributed by atoms with van der Waals surface area (Å²) in [7, 11) is 0. The third-order valence-electron chi connectivity index (χ3n) is 4.15. The van der Waals surface area contributed by atoms with Crippen molar-refractivity contribution < 1.29 is 14.3 Å². The van der Waals surface area contributed by atoms with Gasteiger partial charge in [-0.05, 0) is 56.9 Å². The molecule has 22 heavy (non-hydrogen) atoms. The molecule has 0 unspecified atom stereocenters. The Morgan fingerprint density at radius 2 is 1.95 bits per heavy atom. The van der Waals surface area contributed by atoms with Gasteiger partial charge in [-0.15, -0.1) is 0 Å².